The minimum atomic E-state index is -4.40. The summed E-state index contributed by atoms with van der Waals surface area (Å²) in [5, 5.41) is 2.07. The maximum absolute atomic E-state index is 12.4. The topological polar surface area (TPSA) is 87.7 Å². The van der Waals surface area contributed by atoms with Crippen molar-refractivity contribution in [3.05, 3.63) is 66.6 Å². The van der Waals surface area contributed by atoms with Gasteiger partial charge in [0.25, 0.3) is 0 Å². The third-order valence-electron chi connectivity index (χ3n) is 2.81. The van der Waals surface area contributed by atoms with Crippen LogP contribution in [0.5, 0.6) is 0 Å². The molecular weight excluding hydrogens is 291 g/mol. The van der Waals surface area contributed by atoms with Crippen LogP contribution in [0, 0.1) is 0 Å². The van der Waals surface area contributed by atoms with E-state index in [1.165, 1.54) is 12.1 Å². The molecule has 1 aromatic carbocycles. The van der Waals surface area contributed by atoms with Crippen molar-refractivity contribution >= 4 is 0 Å². The van der Waals surface area contributed by atoms with E-state index in [2.05, 4.69) is 5.10 Å². The van der Waals surface area contributed by atoms with Crippen LogP contribution in [-0.4, -0.2) is 14.8 Å². The molecule has 0 saturated heterocycles. The van der Waals surface area contributed by atoms with Crippen molar-refractivity contribution in [1.29, 1.82) is 0 Å². The Bertz CT molecular complexity index is 800. The Morgan fingerprint density at radius 3 is 2.19 bits per heavy atom. The van der Waals surface area contributed by atoms with E-state index in [1.807, 2.05) is 4.98 Å². The molecule has 0 bridgehead atoms. The lowest BCUT2D eigenvalue weighted by Gasteiger charge is -2.08. The van der Waals surface area contributed by atoms with Crippen molar-refractivity contribution in [2.24, 2.45) is 0 Å². The minimum absolute atomic E-state index is 0.0240. The van der Waals surface area contributed by atoms with E-state index in [0.29, 0.717) is 5.56 Å². The van der Waals surface area contributed by atoms with Crippen LogP contribution in [0.2, 0.25) is 0 Å². The second-order valence-corrected chi connectivity index (χ2v) is 4.30. The number of rotatable bonds is 3. The maximum atomic E-state index is 12.4. The highest BCUT2D eigenvalue weighted by Crippen LogP contribution is 2.29. The Labute approximate surface area is 114 Å². The Morgan fingerprint density at radius 2 is 1.62 bits per heavy atom. The van der Waals surface area contributed by atoms with Gasteiger partial charge in [-0.15, -0.1) is 0 Å². The van der Waals surface area contributed by atoms with Crippen molar-refractivity contribution in [2.75, 3.05) is 0 Å². The van der Waals surface area contributed by atoms with Crippen LogP contribution in [0.25, 0.3) is 0 Å². The Hall–Kier alpha value is -2.58. The molecule has 1 aromatic heterocycles. The summed E-state index contributed by atoms with van der Waals surface area (Å²) in [5.74, 6) is 0. The third-order valence-corrected chi connectivity index (χ3v) is 2.81. The number of aromatic nitrogens is 3. The van der Waals surface area contributed by atoms with Crippen LogP contribution in [0.4, 0.5) is 13.2 Å². The molecule has 0 unspecified atom stereocenters. The Kier molecular flexibility index (Phi) is 3.83. The zero-order valence-corrected chi connectivity index (χ0v) is 10.5. The van der Waals surface area contributed by atoms with Gasteiger partial charge < -0.3 is 0 Å². The number of aryl methyl sites for hydroxylation is 2. The fraction of sp³-hybridized carbons (Fsp3) is 0.250. The summed E-state index contributed by atoms with van der Waals surface area (Å²) in [6.07, 6.45) is -4.18. The molecule has 112 valence electrons. The van der Waals surface area contributed by atoms with Crippen LogP contribution in [0.1, 0.15) is 11.1 Å². The average Bonchev–Trinajstić information content (AvgIpc) is 2.41. The van der Waals surface area contributed by atoms with Gasteiger partial charge in [-0.25, -0.2) is 9.48 Å². The lowest BCUT2D eigenvalue weighted by molar-refractivity contribution is -0.137. The van der Waals surface area contributed by atoms with Crippen LogP contribution in [0.3, 0.4) is 0 Å². The number of nitrogens with one attached hydrogen (secondary N) is 2. The van der Waals surface area contributed by atoms with Gasteiger partial charge in [0.05, 0.1) is 5.56 Å². The number of alkyl halides is 3. The standard InChI is InChI=1S/C12H10F3N3O3/c13-12(14,15)8-3-1-7(2-4-8)5-6-18-11(21)16-9(19)10(20)17-18/h1-4H,5-6H2,(H,17,20)(H,16,19,21). The summed E-state index contributed by atoms with van der Waals surface area (Å²) in [5.41, 5.74) is -3.01. The molecule has 21 heavy (non-hydrogen) atoms. The first-order valence-electron chi connectivity index (χ1n) is 5.87. The molecular formula is C12H10F3N3O3. The molecule has 0 fully saturated rings. The van der Waals surface area contributed by atoms with Crippen molar-refractivity contribution in [1.82, 2.24) is 14.8 Å². The molecule has 0 aliphatic rings. The van der Waals surface area contributed by atoms with Crippen LogP contribution in [0.15, 0.2) is 38.6 Å². The van der Waals surface area contributed by atoms with Crippen LogP contribution in [-0.2, 0) is 19.1 Å². The molecule has 0 atom stereocenters. The molecule has 2 aromatic rings. The first kappa shape index (κ1) is 14.8. The van der Waals surface area contributed by atoms with Gasteiger partial charge in [-0.2, -0.15) is 13.2 Å². The predicted octanol–water partition coefficient (Wildman–Crippen LogP) is 0.486. The first-order chi connectivity index (χ1) is 9.77. The highest BCUT2D eigenvalue weighted by Gasteiger charge is 2.29. The Balaban J connectivity index is 2.14. The number of H-pyrrole nitrogens is 2. The number of benzene rings is 1. The van der Waals surface area contributed by atoms with Gasteiger partial charge >= 0.3 is 23.0 Å². The van der Waals surface area contributed by atoms with Crippen molar-refractivity contribution in [3.63, 3.8) is 0 Å². The van der Waals surface area contributed by atoms with E-state index in [0.717, 1.165) is 16.8 Å². The van der Waals surface area contributed by atoms with Gasteiger partial charge in [-0.05, 0) is 24.1 Å². The van der Waals surface area contributed by atoms with E-state index in [9.17, 15) is 27.6 Å². The second-order valence-electron chi connectivity index (χ2n) is 4.30. The number of halogens is 3. The van der Waals surface area contributed by atoms with E-state index in [-0.39, 0.29) is 13.0 Å². The SMILES string of the molecule is O=c1[nH]c(=O)n(CCc2ccc(C(F)(F)F)cc2)[nH]c1=O. The van der Waals surface area contributed by atoms with Gasteiger partial charge in [-0.1, -0.05) is 12.1 Å². The quantitative estimate of drug-likeness (QED) is 0.809. The lowest BCUT2D eigenvalue weighted by atomic mass is 10.1. The predicted molar refractivity (Wildman–Crippen MR) is 67.1 cm³/mol. The van der Waals surface area contributed by atoms with Crippen LogP contribution >= 0.6 is 0 Å². The Morgan fingerprint density at radius 1 is 1.00 bits per heavy atom. The van der Waals surface area contributed by atoms with Gasteiger partial charge in [-0.3, -0.25) is 19.7 Å². The van der Waals surface area contributed by atoms with Crippen molar-refractivity contribution in [3.8, 4) is 0 Å². The average molecular weight is 301 g/mol. The molecule has 2 rings (SSSR count). The molecule has 0 aliphatic carbocycles. The largest absolute Gasteiger partial charge is 0.416 e. The summed E-state index contributed by atoms with van der Waals surface area (Å²) in [6, 6.07) is 4.46. The molecule has 0 spiro atoms. The van der Waals surface area contributed by atoms with E-state index in [4.69, 9.17) is 0 Å². The molecule has 2 N–H and O–H groups in total. The molecule has 0 aliphatic heterocycles. The zero-order chi connectivity index (χ0) is 15.6. The lowest BCUT2D eigenvalue weighted by Crippen LogP contribution is -2.43. The molecule has 0 amide bonds. The number of hydrogen-bond acceptors (Lipinski definition) is 3. The first-order valence-corrected chi connectivity index (χ1v) is 5.87. The van der Waals surface area contributed by atoms with Gasteiger partial charge in [0.15, 0.2) is 0 Å². The molecule has 0 saturated carbocycles. The summed E-state index contributed by atoms with van der Waals surface area (Å²) in [6.45, 7) is 0.0240. The molecule has 0 radical (unpaired) electrons. The zero-order valence-electron chi connectivity index (χ0n) is 10.5. The summed E-state index contributed by atoms with van der Waals surface area (Å²) >= 11 is 0. The minimum Gasteiger partial charge on any atom is -0.268 e. The maximum Gasteiger partial charge on any atom is 0.416 e. The molecule has 1 heterocycles. The summed E-state index contributed by atoms with van der Waals surface area (Å²) < 4.78 is 38.1. The highest BCUT2D eigenvalue weighted by atomic mass is 19.4. The fourth-order valence-corrected chi connectivity index (χ4v) is 1.70. The smallest absolute Gasteiger partial charge is 0.268 e. The van der Waals surface area contributed by atoms with Crippen molar-refractivity contribution in [2.45, 2.75) is 19.1 Å². The number of nitrogens with zero attached hydrogens (tertiary/aromatic N) is 1. The van der Waals surface area contributed by atoms with E-state index in [1.54, 1.807) is 0 Å². The monoisotopic (exact) mass is 301 g/mol. The van der Waals surface area contributed by atoms with Crippen LogP contribution < -0.4 is 16.8 Å². The van der Waals surface area contributed by atoms with E-state index >= 15 is 0 Å². The number of aromatic amines is 2. The molecule has 6 nitrogen and oxygen atoms in total. The normalized spacial score (nSPS) is 11.6. The third kappa shape index (κ3) is 3.50. The number of hydrogen-bond donors (Lipinski definition) is 2. The summed E-state index contributed by atoms with van der Waals surface area (Å²) in [7, 11) is 0. The van der Waals surface area contributed by atoms with Crippen molar-refractivity contribution < 1.29 is 13.2 Å². The second kappa shape index (κ2) is 5.43. The van der Waals surface area contributed by atoms with Gasteiger partial charge in [0.2, 0.25) is 0 Å². The molecule has 9 heteroatoms. The summed E-state index contributed by atoms with van der Waals surface area (Å²) in [4.78, 5) is 35.2. The fourth-order valence-electron chi connectivity index (χ4n) is 1.70. The van der Waals surface area contributed by atoms with Gasteiger partial charge in [0, 0.05) is 6.54 Å². The van der Waals surface area contributed by atoms with Gasteiger partial charge in [0.1, 0.15) is 0 Å². The van der Waals surface area contributed by atoms with E-state index < -0.39 is 28.5 Å². The highest BCUT2D eigenvalue weighted by molar-refractivity contribution is 5.24.